The first-order valence-corrected chi connectivity index (χ1v) is 8.48. The first-order valence-electron chi connectivity index (χ1n) is 8.48. The van der Waals surface area contributed by atoms with Crippen LogP contribution in [-0.2, 0) is 6.42 Å². The Kier molecular flexibility index (Phi) is 4.04. The van der Waals surface area contributed by atoms with Gasteiger partial charge in [0.25, 0.3) is 5.56 Å². The first-order chi connectivity index (χ1) is 12.6. The van der Waals surface area contributed by atoms with E-state index in [1.54, 1.807) is 10.9 Å². The van der Waals surface area contributed by atoms with Crippen LogP contribution in [0, 0.1) is 5.92 Å². The Labute approximate surface area is 149 Å². The molecule has 0 aliphatic rings. The highest BCUT2D eigenvalue weighted by Gasteiger charge is 2.19. The molecular weight excluding hydrogens is 328 g/mol. The lowest BCUT2D eigenvalue weighted by atomic mass is 10.1. The number of benzene rings is 1. The summed E-state index contributed by atoms with van der Waals surface area (Å²) >= 11 is 0. The van der Waals surface area contributed by atoms with E-state index in [9.17, 15) is 4.79 Å². The van der Waals surface area contributed by atoms with E-state index < -0.39 is 0 Å². The summed E-state index contributed by atoms with van der Waals surface area (Å²) in [5.41, 5.74) is 1.32. The third kappa shape index (κ3) is 2.99. The number of para-hydroxylation sites is 2. The second kappa shape index (κ2) is 6.51. The van der Waals surface area contributed by atoms with Crippen molar-refractivity contribution in [3.8, 4) is 17.3 Å². The van der Waals surface area contributed by atoms with Crippen LogP contribution in [0.1, 0.15) is 19.7 Å². The molecule has 0 unspecified atom stereocenters. The number of nitrogens with zero attached hydrogens (tertiary/aromatic N) is 5. The molecule has 4 rings (SSSR count). The Hall–Kier alpha value is -3.35. The minimum Gasteiger partial charge on any atom is -0.319 e. The predicted octanol–water partition coefficient (Wildman–Crippen LogP) is 2.76. The summed E-state index contributed by atoms with van der Waals surface area (Å²) in [7, 11) is 0. The Morgan fingerprint density at radius 3 is 2.65 bits per heavy atom. The van der Waals surface area contributed by atoms with Crippen LogP contribution in [0.3, 0.4) is 0 Å². The van der Waals surface area contributed by atoms with E-state index in [-0.39, 0.29) is 11.3 Å². The SMILES string of the molecule is CC(C)Cc1nc(-c2nc3ccccc3[nH]c2=O)n(-c2ccccn2)n1. The lowest BCUT2D eigenvalue weighted by molar-refractivity contribution is 0.618. The van der Waals surface area contributed by atoms with Crippen molar-refractivity contribution < 1.29 is 0 Å². The second-order valence-electron chi connectivity index (χ2n) is 6.48. The van der Waals surface area contributed by atoms with Crippen molar-refractivity contribution in [3.05, 3.63) is 64.8 Å². The summed E-state index contributed by atoms with van der Waals surface area (Å²) in [5.74, 6) is 2.05. The fourth-order valence-corrected chi connectivity index (χ4v) is 2.78. The van der Waals surface area contributed by atoms with Gasteiger partial charge < -0.3 is 4.98 Å². The van der Waals surface area contributed by atoms with Crippen LogP contribution in [0.25, 0.3) is 28.4 Å². The molecule has 1 aromatic carbocycles. The molecule has 0 radical (unpaired) electrons. The van der Waals surface area contributed by atoms with Crippen molar-refractivity contribution in [3.63, 3.8) is 0 Å². The number of fused-ring (bicyclic) bond motifs is 1. The number of aromatic nitrogens is 6. The molecule has 3 heterocycles. The van der Waals surface area contributed by atoms with Crippen molar-refractivity contribution in [2.75, 3.05) is 0 Å². The van der Waals surface area contributed by atoms with Gasteiger partial charge in [-0.15, -0.1) is 5.10 Å². The van der Waals surface area contributed by atoms with Crippen molar-refractivity contribution in [1.29, 1.82) is 0 Å². The van der Waals surface area contributed by atoms with Gasteiger partial charge in [0.1, 0.15) is 0 Å². The first kappa shape index (κ1) is 16.1. The molecular formula is C19H18N6O. The number of hydrogen-bond acceptors (Lipinski definition) is 5. The maximum Gasteiger partial charge on any atom is 0.278 e. The Bertz CT molecular complexity index is 1110. The van der Waals surface area contributed by atoms with Gasteiger partial charge in [-0.25, -0.2) is 15.0 Å². The van der Waals surface area contributed by atoms with Crippen molar-refractivity contribution >= 4 is 11.0 Å². The van der Waals surface area contributed by atoms with Gasteiger partial charge in [-0.3, -0.25) is 4.79 Å². The molecule has 26 heavy (non-hydrogen) atoms. The fourth-order valence-electron chi connectivity index (χ4n) is 2.78. The summed E-state index contributed by atoms with van der Waals surface area (Å²) in [6.45, 7) is 4.20. The van der Waals surface area contributed by atoms with E-state index in [2.05, 4.69) is 38.9 Å². The summed E-state index contributed by atoms with van der Waals surface area (Å²) in [5, 5.41) is 4.57. The van der Waals surface area contributed by atoms with Crippen LogP contribution in [0.2, 0.25) is 0 Å². The molecule has 1 N–H and O–H groups in total. The molecule has 3 aromatic heterocycles. The molecule has 4 aromatic rings. The van der Waals surface area contributed by atoms with Gasteiger partial charge in [-0.05, 0) is 30.2 Å². The molecule has 0 aliphatic carbocycles. The van der Waals surface area contributed by atoms with Gasteiger partial charge in [0.2, 0.25) is 0 Å². The molecule has 130 valence electrons. The normalized spacial score (nSPS) is 11.3. The Balaban J connectivity index is 1.94. The lowest BCUT2D eigenvalue weighted by Crippen LogP contribution is -2.15. The summed E-state index contributed by atoms with van der Waals surface area (Å²) in [6, 6.07) is 12.9. The van der Waals surface area contributed by atoms with Gasteiger partial charge >= 0.3 is 0 Å². The summed E-state index contributed by atoms with van der Waals surface area (Å²) in [6.07, 6.45) is 2.39. The maximum atomic E-state index is 12.6. The van der Waals surface area contributed by atoms with Crippen molar-refractivity contribution in [2.45, 2.75) is 20.3 Å². The van der Waals surface area contributed by atoms with Gasteiger partial charge in [-0.1, -0.05) is 32.0 Å². The number of H-pyrrole nitrogens is 1. The van der Waals surface area contributed by atoms with E-state index in [1.165, 1.54) is 0 Å². The molecule has 0 amide bonds. The van der Waals surface area contributed by atoms with E-state index >= 15 is 0 Å². The Morgan fingerprint density at radius 1 is 1.08 bits per heavy atom. The second-order valence-corrected chi connectivity index (χ2v) is 6.48. The van der Waals surface area contributed by atoms with Gasteiger partial charge in [0.15, 0.2) is 23.2 Å². The van der Waals surface area contributed by atoms with Crippen LogP contribution in [0.5, 0.6) is 0 Å². The third-order valence-electron chi connectivity index (χ3n) is 3.92. The zero-order valence-electron chi connectivity index (χ0n) is 14.5. The number of pyridine rings is 1. The minimum atomic E-state index is -0.302. The van der Waals surface area contributed by atoms with E-state index in [0.29, 0.717) is 40.8 Å². The molecule has 0 bridgehead atoms. The van der Waals surface area contributed by atoms with Crippen molar-refractivity contribution in [2.24, 2.45) is 5.92 Å². The minimum absolute atomic E-state index is 0.233. The highest BCUT2D eigenvalue weighted by molar-refractivity contribution is 5.76. The molecule has 0 aliphatic heterocycles. The van der Waals surface area contributed by atoms with Crippen LogP contribution in [0.4, 0.5) is 0 Å². The number of rotatable bonds is 4. The summed E-state index contributed by atoms with van der Waals surface area (Å²) < 4.78 is 1.59. The van der Waals surface area contributed by atoms with Crippen LogP contribution in [-0.4, -0.2) is 29.7 Å². The molecule has 0 fully saturated rings. The Morgan fingerprint density at radius 2 is 1.88 bits per heavy atom. The lowest BCUT2D eigenvalue weighted by Gasteiger charge is -2.04. The predicted molar refractivity (Wildman–Crippen MR) is 99.1 cm³/mol. The molecule has 0 spiro atoms. The molecule has 0 saturated carbocycles. The standard InChI is InChI=1S/C19H18N6O/c1-12(2)11-15-23-18(25(24-15)16-9-5-6-10-20-16)17-19(26)22-14-8-4-3-7-13(14)21-17/h3-10,12H,11H2,1-2H3,(H,22,26). The average molecular weight is 346 g/mol. The monoisotopic (exact) mass is 346 g/mol. The quantitative estimate of drug-likeness (QED) is 0.614. The molecule has 0 saturated heterocycles. The molecule has 0 atom stereocenters. The zero-order valence-corrected chi connectivity index (χ0v) is 14.5. The van der Waals surface area contributed by atoms with Gasteiger partial charge in [0, 0.05) is 12.6 Å². The fraction of sp³-hybridized carbons (Fsp3) is 0.211. The highest BCUT2D eigenvalue weighted by atomic mass is 16.1. The van der Waals surface area contributed by atoms with E-state index in [4.69, 9.17) is 0 Å². The number of aromatic amines is 1. The van der Waals surface area contributed by atoms with Crippen LogP contribution >= 0.6 is 0 Å². The number of hydrogen-bond donors (Lipinski definition) is 1. The molecule has 7 nitrogen and oxygen atoms in total. The van der Waals surface area contributed by atoms with Crippen LogP contribution in [0.15, 0.2) is 53.5 Å². The average Bonchev–Trinajstić information content (AvgIpc) is 3.04. The third-order valence-corrected chi connectivity index (χ3v) is 3.92. The largest absolute Gasteiger partial charge is 0.319 e. The highest BCUT2D eigenvalue weighted by Crippen LogP contribution is 2.18. The van der Waals surface area contributed by atoms with E-state index in [0.717, 1.165) is 0 Å². The maximum absolute atomic E-state index is 12.6. The zero-order chi connectivity index (χ0) is 18.1. The van der Waals surface area contributed by atoms with Crippen molar-refractivity contribution in [1.82, 2.24) is 29.7 Å². The topological polar surface area (TPSA) is 89.4 Å². The molecule has 7 heteroatoms. The van der Waals surface area contributed by atoms with E-state index in [1.807, 2.05) is 42.5 Å². The van der Waals surface area contributed by atoms with Gasteiger partial charge in [-0.2, -0.15) is 4.68 Å². The smallest absolute Gasteiger partial charge is 0.278 e. The summed E-state index contributed by atoms with van der Waals surface area (Å²) in [4.78, 5) is 29.0. The van der Waals surface area contributed by atoms with Gasteiger partial charge in [0.05, 0.1) is 11.0 Å². The van der Waals surface area contributed by atoms with Crippen LogP contribution < -0.4 is 5.56 Å². The number of nitrogens with one attached hydrogen (secondary N) is 1.